The molecule has 0 aliphatic carbocycles. The molecular weight excluding hydrogens is 370 g/mol. The van der Waals surface area contributed by atoms with E-state index < -0.39 is 16.0 Å². The van der Waals surface area contributed by atoms with Crippen LogP contribution in [0.25, 0.3) is 0 Å². The maximum Gasteiger partial charge on any atom is 0.345 e. The van der Waals surface area contributed by atoms with Crippen molar-refractivity contribution in [1.29, 1.82) is 0 Å². The predicted octanol–water partition coefficient (Wildman–Crippen LogP) is 3.53. The number of sulfonamides is 1. The average Bonchev–Trinajstić information content (AvgIpc) is 2.55. The Morgan fingerprint density at radius 2 is 1.75 bits per heavy atom. The molecule has 2 aromatic carbocycles. The molecule has 0 saturated heterocycles. The monoisotopic (exact) mass is 385 g/mol. The van der Waals surface area contributed by atoms with Gasteiger partial charge in [0, 0.05) is 19.0 Å². The molecule has 2 aromatic rings. The fourth-order valence-corrected chi connectivity index (χ4v) is 3.37. The number of hydrogen-bond acceptors (Lipinski definition) is 5. The summed E-state index contributed by atoms with van der Waals surface area (Å²) in [6, 6.07) is 10.9. The van der Waals surface area contributed by atoms with Crippen LogP contribution >= 0.6 is 23.4 Å². The van der Waals surface area contributed by atoms with Crippen LogP contribution in [-0.2, 0) is 10.0 Å². The summed E-state index contributed by atoms with van der Waals surface area (Å²) < 4.78 is 30.7. The molecule has 0 aromatic heterocycles. The van der Waals surface area contributed by atoms with Crippen molar-refractivity contribution < 1.29 is 17.9 Å². The number of hydrogen-bond donors (Lipinski definition) is 0. The van der Waals surface area contributed by atoms with Crippen LogP contribution in [0.5, 0.6) is 5.75 Å². The quantitative estimate of drug-likeness (QED) is 0.447. The average molecular weight is 386 g/mol. The van der Waals surface area contributed by atoms with E-state index in [9.17, 15) is 13.2 Å². The Morgan fingerprint density at radius 1 is 1.12 bits per heavy atom. The van der Waals surface area contributed by atoms with Crippen LogP contribution in [0.15, 0.2) is 52.3 Å². The third-order valence-electron chi connectivity index (χ3n) is 3.21. The number of rotatable bonds is 5. The maximum absolute atomic E-state index is 12.3. The van der Waals surface area contributed by atoms with Crippen LogP contribution in [0.2, 0.25) is 5.02 Å². The van der Waals surface area contributed by atoms with E-state index in [1.165, 1.54) is 32.3 Å². The first kappa shape index (κ1) is 18.8. The summed E-state index contributed by atoms with van der Waals surface area (Å²) in [4.78, 5) is 13.3. The van der Waals surface area contributed by atoms with Crippen LogP contribution in [0.1, 0.15) is 10.4 Å². The highest BCUT2D eigenvalue weighted by Crippen LogP contribution is 2.25. The fourth-order valence-electron chi connectivity index (χ4n) is 1.84. The summed E-state index contributed by atoms with van der Waals surface area (Å²) >= 11 is 7.59. The van der Waals surface area contributed by atoms with Crippen molar-refractivity contribution in [2.45, 2.75) is 9.79 Å². The Hall–Kier alpha value is -1.54. The molecule has 0 atom stereocenters. The van der Waals surface area contributed by atoms with Crippen molar-refractivity contribution in [2.75, 3.05) is 20.4 Å². The highest BCUT2D eigenvalue weighted by Gasteiger charge is 2.21. The molecule has 0 aliphatic heterocycles. The topological polar surface area (TPSA) is 63.7 Å². The summed E-state index contributed by atoms with van der Waals surface area (Å²) in [6.45, 7) is 0. The van der Waals surface area contributed by atoms with E-state index in [1.807, 2.05) is 18.4 Å². The smallest absolute Gasteiger partial charge is 0.345 e. The first-order valence-electron chi connectivity index (χ1n) is 6.84. The lowest BCUT2D eigenvalue weighted by Gasteiger charge is -2.13. The number of carbonyl (C=O) groups is 1. The summed E-state index contributed by atoms with van der Waals surface area (Å²) in [6.07, 6.45) is 1.94. The van der Waals surface area contributed by atoms with Gasteiger partial charge in [0.05, 0.1) is 15.5 Å². The van der Waals surface area contributed by atoms with Crippen LogP contribution in [0.3, 0.4) is 0 Å². The number of halogens is 1. The minimum atomic E-state index is -3.67. The molecule has 0 bridgehead atoms. The van der Waals surface area contributed by atoms with E-state index in [2.05, 4.69) is 0 Å². The summed E-state index contributed by atoms with van der Waals surface area (Å²) in [7, 11) is -0.844. The van der Waals surface area contributed by atoms with E-state index in [1.54, 1.807) is 23.9 Å². The van der Waals surface area contributed by atoms with Gasteiger partial charge in [0.25, 0.3) is 0 Å². The zero-order valence-corrected chi connectivity index (χ0v) is 15.7. The van der Waals surface area contributed by atoms with Crippen molar-refractivity contribution >= 4 is 39.4 Å². The molecular formula is C16H16ClNO4S2. The van der Waals surface area contributed by atoms with Gasteiger partial charge in [-0.25, -0.2) is 17.5 Å². The highest BCUT2D eigenvalue weighted by molar-refractivity contribution is 7.98. The van der Waals surface area contributed by atoms with Crippen molar-refractivity contribution in [3.63, 3.8) is 0 Å². The normalized spacial score (nSPS) is 11.5. The third-order valence-corrected chi connectivity index (χ3v) is 6.09. The van der Waals surface area contributed by atoms with Crippen molar-refractivity contribution in [2.24, 2.45) is 0 Å². The van der Waals surface area contributed by atoms with Crippen molar-refractivity contribution in [3.8, 4) is 5.75 Å². The van der Waals surface area contributed by atoms with Crippen molar-refractivity contribution in [1.82, 2.24) is 4.31 Å². The Kier molecular flexibility index (Phi) is 5.92. The Bertz CT molecular complexity index is 849. The zero-order chi connectivity index (χ0) is 17.9. The molecule has 0 heterocycles. The molecule has 24 heavy (non-hydrogen) atoms. The van der Waals surface area contributed by atoms with Gasteiger partial charge in [-0.05, 0) is 48.7 Å². The number of nitrogens with zero attached hydrogens (tertiary/aromatic N) is 1. The molecule has 0 saturated carbocycles. The van der Waals surface area contributed by atoms with Gasteiger partial charge in [0.2, 0.25) is 10.0 Å². The first-order valence-corrected chi connectivity index (χ1v) is 9.88. The first-order chi connectivity index (χ1) is 11.3. The number of thioether (sulfide) groups is 1. The lowest BCUT2D eigenvalue weighted by molar-refractivity contribution is 0.0734. The molecule has 0 N–H and O–H groups in total. The molecule has 0 radical (unpaired) electrons. The van der Waals surface area contributed by atoms with Gasteiger partial charge in [-0.15, -0.1) is 11.8 Å². The predicted molar refractivity (Wildman–Crippen MR) is 95.5 cm³/mol. The third kappa shape index (κ3) is 4.10. The molecule has 0 spiro atoms. The van der Waals surface area contributed by atoms with Crippen LogP contribution in [-0.4, -0.2) is 39.0 Å². The molecule has 8 heteroatoms. The summed E-state index contributed by atoms with van der Waals surface area (Å²) in [5.74, 6) is -0.359. The summed E-state index contributed by atoms with van der Waals surface area (Å²) in [5.41, 5.74) is -0.00599. The van der Waals surface area contributed by atoms with E-state index in [4.69, 9.17) is 16.3 Å². The SMILES string of the molecule is CSc1ccc(OC(=O)c2cc(S(=O)(=O)N(C)C)ccc2Cl)cc1. The van der Waals surface area contributed by atoms with Crippen molar-refractivity contribution in [3.05, 3.63) is 53.1 Å². The van der Waals surface area contributed by atoms with E-state index >= 15 is 0 Å². The standard InChI is InChI=1S/C16H16ClNO4S2/c1-18(2)24(20,21)13-8-9-15(17)14(10-13)16(19)22-11-4-6-12(23-3)7-5-11/h4-10H,1-3H3. The van der Waals surface area contributed by atoms with Gasteiger partial charge in [-0.1, -0.05) is 11.6 Å². The second kappa shape index (κ2) is 7.57. The molecule has 0 unspecified atom stereocenters. The number of ether oxygens (including phenoxy) is 1. The van der Waals surface area contributed by atoms with Gasteiger partial charge in [0.1, 0.15) is 5.75 Å². The minimum absolute atomic E-state index is 0.00599. The molecule has 0 amide bonds. The van der Waals surface area contributed by atoms with Gasteiger partial charge in [-0.3, -0.25) is 0 Å². The highest BCUT2D eigenvalue weighted by atomic mass is 35.5. The second-order valence-electron chi connectivity index (χ2n) is 4.99. The number of carbonyl (C=O) groups excluding carboxylic acids is 1. The van der Waals surface area contributed by atoms with E-state index in [-0.39, 0.29) is 15.5 Å². The minimum Gasteiger partial charge on any atom is -0.423 e. The van der Waals surface area contributed by atoms with E-state index in [0.717, 1.165) is 9.20 Å². The maximum atomic E-state index is 12.3. The van der Waals surface area contributed by atoms with Crippen LogP contribution in [0, 0.1) is 0 Å². The Balaban J connectivity index is 2.31. The molecule has 128 valence electrons. The van der Waals surface area contributed by atoms with Gasteiger partial charge >= 0.3 is 5.97 Å². The zero-order valence-electron chi connectivity index (χ0n) is 13.3. The Morgan fingerprint density at radius 3 is 2.29 bits per heavy atom. The van der Waals surface area contributed by atoms with Crippen LogP contribution < -0.4 is 4.74 Å². The molecule has 0 aliphatic rings. The number of esters is 1. The van der Waals surface area contributed by atoms with Gasteiger partial charge in [-0.2, -0.15) is 0 Å². The molecule has 0 fully saturated rings. The largest absolute Gasteiger partial charge is 0.423 e. The van der Waals surface area contributed by atoms with Gasteiger partial charge < -0.3 is 4.74 Å². The summed E-state index contributed by atoms with van der Waals surface area (Å²) in [5, 5.41) is 0.124. The lowest BCUT2D eigenvalue weighted by atomic mass is 10.2. The number of benzene rings is 2. The molecule has 5 nitrogen and oxygen atoms in total. The van der Waals surface area contributed by atoms with Gasteiger partial charge in [0.15, 0.2) is 0 Å². The second-order valence-corrected chi connectivity index (χ2v) is 8.43. The lowest BCUT2D eigenvalue weighted by Crippen LogP contribution is -2.22. The van der Waals surface area contributed by atoms with Crippen LogP contribution in [0.4, 0.5) is 0 Å². The molecule has 2 rings (SSSR count). The fraction of sp³-hybridized carbons (Fsp3) is 0.188. The van der Waals surface area contributed by atoms with E-state index in [0.29, 0.717) is 5.75 Å². The Labute approximate surface area is 150 Å².